The zero-order valence-corrected chi connectivity index (χ0v) is 24.7. The number of anilines is 1. The van der Waals surface area contributed by atoms with E-state index in [0.717, 1.165) is 29.5 Å². The van der Waals surface area contributed by atoms with E-state index in [1.165, 1.54) is 18.2 Å². The highest BCUT2D eigenvalue weighted by molar-refractivity contribution is 5.91. The Balaban J connectivity index is 1.22. The second-order valence-electron chi connectivity index (χ2n) is 10.9. The fourth-order valence-corrected chi connectivity index (χ4v) is 5.70. The van der Waals surface area contributed by atoms with E-state index >= 15 is 0 Å². The van der Waals surface area contributed by atoms with Crippen molar-refractivity contribution in [3.8, 4) is 45.9 Å². The summed E-state index contributed by atoms with van der Waals surface area (Å²) in [5.74, 6) is 0.477. The minimum atomic E-state index is -0.661. The van der Waals surface area contributed by atoms with Crippen LogP contribution in [-0.2, 0) is 11.3 Å². The maximum absolute atomic E-state index is 14.9. The van der Waals surface area contributed by atoms with E-state index < -0.39 is 11.7 Å². The lowest BCUT2D eigenvalue weighted by Crippen LogP contribution is -2.42. The number of carbonyl (C=O) groups is 1. The van der Waals surface area contributed by atoms with E-state index in [4.69, 9.17) is 19.7 Å². The molecule has 0 radical (unpaired) electrons. The van der Waals surface area contributed by atoms with Gasteiger partial charge >= 0.3 is 0 Å². The molecular formula is C35H29FN6O4. The van der Waals surface area contributed by atoms with Gasteiger partial charge in [0, 0.05) is 49.1 Å². The summed E-state index contributed by atoms with van der Waals surface area (Å²) in [4.78, 5) is 18.0. The maximum atomic E-state index is 14.9. The summed E-state index contributed by atoms with van der Waals surface area (Å²) in [6, 6.07) is 22.1. The molecule has 11 heteroatoms. The molecule has 0 bridgehead atoms. The molecule has 230 valence electrons. The third-order valence-electron chi connectivity index (χ3n) is 8.14. The van der Waals surface area contributed by atoms with Gasteiger partial charge in [0.1, 0.15) is 29.3 Å². The second kappa shape index (κ2) is 13.5. The Labute approximate surface area is 264 Å². The van der Waals surface area contributed by atoms with Gasteiger partial charge in [0.2, 0.25) is 6.79 Å². The van der Waals surface area contributed by atoms with Crippen molar-refractivity contribution in [3.05, 3.63) is 101 Å². The lowest BCUT2D eigenvalue weighted by atomic mass is 9.91. The number of hydrogen-bond donors (Lipinski definition) is 3. The van der Waals surface area contributed by atoms with Gasteiger partial charge < -0.3 is 19.7 Å². The number of aromatic nitrogens is 1. The largest absolute Gasteiger partial charge is 0.454 e. The van der Waals surface area contributed by atoms with E-state index in [-0.39, 0.29) is 18.4 Å². The number of rotatable bonds is 8. The van der Waals surface area contributed by atoms with Crippen LogP contribution in [0, 0.1) is 28.5 Å². The van der Waals surface area contributed by atoms with Crippen LogP contribution in [0.2, 0.25) is 0 Å². The summed E-state index contributed by atoms with van der Waals surface area (Å²) in [5, 5.41) is 32.0. The maximum Gasteiger partial charge on any atom is 0.267 e. The van der Waals surface area contributed by atoms with Crippen molar-refractivity contribution in [3.63, 3.8) is 0 Å². The number of piperidine rings is 1. The Morgan fingerprint density at radius 1 is 1.02 bits per heavy atom. The number of ether oxygens (including phenoxy) is 2. The molecule has 3 aromatic carbocycles. The average Bonchev–Trinajstić information content (AvgIpc) is 3.58. The molecule has 0 aliphatic carbocycles. The van der Waals surface area contributed by atoms with Gasteiger partial charge in [-0.15, -0.1) is 0 Å². The van der Waals surface area contributed by atoms with E-state index in [9.17, 15) is 19.7 Å². The molecule has 0 unspecified atom stereocenters. The number of nitrogens with one attached hydrogen (secondary N) is 2. The van der Waals surface area contributed by atoms with E-state index in [1.54, 1.807) is 29.9 Å². The van der Waals surface area contributed by atoms with Gasteiger partial charge in [-0.05, 0) is 65.4 Å². The normalized spacial score (nSPS) is 14.2. The average molecular weight is 617 g/mol. The number of fused-ring (bicyclic) bond motifs is 1. The van der Waals surface area contributed by atoms with Gasteiger partial charge in [-0.1, -0.05) is 36.4 Å². The van der Waals surface area contributed by atoms with Crippen LogP contribution in [0.25, 0.3) is 28.3 Å². The summed E-state index contributed by atoms with van der Waals surface area (Å²) in [5.41, 5.74) is 6.14. The third kappa shape index (κ3) is 6.37. The number of nitrogens with zero attached hydrogens (tertiary/aromatic N) is 4. The summed E-state index contributed by atoms with van der Waals surface area (Å²) in [6.45, 7) is 2.13. The monoisotopic (exact) mass is 616 g/mol. The fourth-order valence-electron chi connectivity index (χ4n) is 5.70. The van der Waals surface area contributed by atoms with Crippen LogP contribution in [0.15, 0.2) is 72.9 Å². The molecule has 2 aliphatic rings. The molecule has 3 heterocycles. The van der Waals surface area contributed by atoms with Gasteiger partial charge in [-0.25, -0.2) is 14.9 Å². The Kier molecular flexibility index (Phi) is 8.88. The summed E-state index contributed by atoms with van der Waals surface area (Å²) in [7, 11) is 0. The Bertz CT molecular complexity index is 1890. The first-order valence-electron chi connectivity index (χ1n) is 14.7. The number of hydroxylamine groups is 1. The quantitative estimate of drug-likeness (QED) is 0.136. The molecule has 0 spiro atoms. The topological polar surface area (TPSA) is 144 Å². The van der Waals surface area contributed by atoms with Crippen molar-refractivity contribution in [2.75, 3.05) is 24.8 Å². The highest BCUT2D eigenvalue weighted by atomic mass is 19.1. The molecule has 46 heavy (non-hydrogen) atoms. The minimum absolute atomic E-state index is 0.0735. The van der Waals surface area contributed by atoms with E-state index in [2.05, 4.69) is 16.3 Å². The van der Waals surface area contributed by atoms with Gasteiger partial charge in [0.05, 0.1) is 5.56 Å². The molecule has 10 nitrogen and oxygen atoms in total. The van der Waals surface area contributed by atoms with Crippen LogP contribution >= 0.6 is 0 Å². The molecule has 4 aromatic rings. The molecule has 1 aromatic heterocycles. The van der Waals surface area contributed by atoms with Crippen molar-refractivity contribution in [2.24, 2.45) is 0 Å². The van der Waals surface area contributed by atoms with Crippen molar-refractivity contribution >= 4 is 17.8 Å². The standard InChI is InChI=1S/C35H29FN6O4/c36-30-15-25(6-7-26(30)17-37)34-28(18-38)35(40-20-29(34)24-8-9-31-32(16-24)46-21-45-31)42-13-11-27(12-14-42)39-19-23-3-1-22(2-4-23)5-10-33(43)41-44/h1-10,15-16,20,27,39,44H,11-14,19,21H2,(H,41,43)/b10-5+. The lowest BCUT2D eigenvalue weighted by molar-refractivity contribution is -0.124. The highest BCUT2D eigenvalue weighted by Crippen LogP contribution is 2.42. The fraction of sp³-hybridized carbons (Fsp3) is 0.200. The van der Waals surface area contributed by atoms with Crippen molar-refractivity contribution in [1.29, 1.82) is 10.5 Å². The number of nitriles is 2. The minimum Gasteiger partial charge on any atom is -0.454 e. The number of hydrogen-bond acceptors (Lipinski definition) is 9. The number of halogens is 1. The molecule has 1 saturated heterocycles. The summed E-state index contributed by atoms with van der Waals surface area (Å²) < 4.78 is 25.9. The summed E-state index contributed by atoms with van der Waals surface area (Å²) >= 11 is 0. The molecular weight excluding hydrogens is 587 g/mol. The van der Waals surface area contributed by atoms with Crippen LogP contribution in [0.4, 0.5) is 10.2 Å². The van der Waals surface area contributed by atoms with Crippen LogP contribution in [0.3, 0.4) is 0 Å². The van der Waals surface area contributed by atoms with E-state index in [1.807, 2.05) is 42.5 Å². The zero-order valence-electron chi connectivity index (χ0n) is 24.7. The first-order valence-corrected chi connectivity index (χ1v) is 14.7. The van der Waals surface area contributed by atoms with Crippen molar-refractivity contribution in [1.82, 2.24) is 15.8 Å². The second-order valence-corrected chi connectivity index (χ2v) is 10.9. The van der Waals surface area contributed by atoms with Crippen LogP contribution in [0.5, 0.6) is 11.5 Å². The zero-order chi connectivity index (χ0) is 32.0. The molecule has 1 fully saturated rings. The van der Waals surface area contributed by atoms with Crippen molar-refractivity contribution < 1.29 is 23.9 Å². The predicted molar refractivity (Wildman–Crippen MR) is 168 cm³/mol. The first-order chi connectivity index (χ1) is 22.5. The summed E-state index contributed by atoms with van der Waals surface area (Å²) in [6.07, 6.45) is 6.23. The third-order valence-corrected chi connectivity index (χ3v) is 8.14. The van der Waals surface area contributed by atoms with Gasteiger partial charge in [0.15, 0.2) is 11.5 Å². The Hall–Kier alpha value is -5.75. The smallest absolute Gasteiger partial charge is 0.267 e. The molecule has 3 N–H and O–H groups in total. The number of carbonyl (C=O) groups excluding carboxylic acids is 1. The van der Waals surface area contributed by atoms with Crippen molar-refractivity contribution in [2.45, 2.75) is 25.4 Å². The van der Waals surface area contributed by atoms with E-state index in [0.29, 0.717) is 59.2 Å². The molecule has 1 amide bonds. The van der Waals surface area contributed by atoms with Crippen LogP contribution in [-0.4, -0.2) is 42.0 Å². The van der Waals surface area contributed by atoms with Gasteiger partial charge in [0.25, 0.3) is 5.91 Å². The predicted octanol–water partition coefficient (Wildman–Crippen LogP) is 5.30. The van der Waals surface area contributed by atoms with Gasteiger partial charge in [-0.2, -0.15) is 10.5 Å². The molecule has 0 atom stereocenters. The molecule has 0 saturated carbocycles. The Morgan fingerprint density at radius 3 is 2.50 bits per heavy atom. The Morgan fingerprint density at radius 2 is 1.78 bits per heavy atom. The first kappa shape index (κ1) is 30.3. The number of benzene rings is 3. The van der Waals surface area contributed by atoms with Crippen LogP contribution in [0.1, 0.15) is 35.1 Å². The molecule has 6 rings (SSSR count). The van der Waals surface area contributed by atoms with Crippen LogP contribution < -0.4 is 25.2 Å². The number of amides is 1. The highest BCUT2D eigenvalue weighted by Gasteiger charge is 2.26. The SMILES string of the molecule is N#Cc1ccc(-c2c(-c3ccc4c(c3)OCO4)cnc(N3CCC(NCc4ccc(/C=C/C(=O)NO)cc4)CC3)c2C#N)cc1F. The van der Waals surface area contributed by atoms with Gasteiger partial charge in [-0.3, -0.25) is 10.0 Å². The number of pyridine rings is 1. The molecule has 2 aliphatic heterocycles. The lowest BCUT2D eigenvalue weighted by Gasteiger charge is -2.34.